The van der Waals surface area contributed by atoms with Crippen LogP contribution in [-0.4, -0.2) is 22.5 Å². The maximum absolute atomic E-state index is 12.4. The lowest BCUT2D eigenvalue weighted by molar-refractivity contribution is -0.253. The first-order valence-corrected chi connectivity index (χ1v) is 5.61. The van der Waals surface area contributed by atoms with Gasteiger partial charge in [0.25, 0.3) is 0 Å². The summed E-state index contributed by atoms with van der Waals surface area (Å²) in [6.45, 7) is 1.64. The van der Waals surface area contributed by atoms with Crippen LogP contribution in [0.4, 0.5) is 26.3 Å². The van der Waals surface area contributed by atoms with Crippen molar-refractivity contribution in [3.05, 3.63) is 10.0 Å². The highest BCUT2D eigenvalue weighted by atomic mass is 32.1. The molecule has 0 aliphatic rings. The molecule has 104 valence electrons. The Morgan fingerprint density at radius 3 is 1.89 bits per heavy atom. The molecular formula is C8H9F6N3S. The molecule has 1 aromatic rings. The first kappa shape index (κ1) is 15.2. The summed E-state index contributed by atoms with van der Waals surface area (Å²) in [5.74, 6) is -3.61. The number of halogens is 6. The Hall–Kier alpha value is -0.900. The molecule has 0 saturated carbocycles. The number of rotatable bonds is 3. The predicted molar refractivity (Wildman–Crippen MR) is 52.0 cm³/mol. The summed E-state index contributed by atoms with van der Waals surface area (Å²) in [7, 11) is 0. The number of nitrogens with zero attached hydrogens (tertiary/aromatic N) is 2. The van der Waals surface area contributed by atoms with Gasteiger partial charge in [-0.15, -0.1) is 10.2 Å². The molecule has 0 aliphatic heterocycles. The van der Waals surface area contributed by atoms with Crippen molar-refractivity contribution in [2.24, 2.45) is 5.73 Å². The van der Waals surface area contributed by atoms with E-state index in [2.05, 4.69) is 10.2 Å². The second-order valence-corrected chi connectivity index (χ2v) is 4.55. The fourth-order valence-corrected chi connectivity index (χ4v) is 2.23. The van der Waals surface area contributed by atoms with E-state index in [9.17, 15) is 26.3 Å². The molecule has 1 unspecified atom stereocenters. The van der Waals surface area contributed by atoms with Gasteiger partial charge >= 0.3 is 12.4 Å². The van der Waals surface area contributed by atoms with Crippen LogP contribution in [0, 0.1) is 0 Å². The van der Waals surface area contributed by atoms with Crippen LogP contribution in [0.25, 0.3) is 0 Å². The van der Waals surface area contributed by atoms with Crippen molar-refractivity contribution in [1.82, 2.24) is 10.2 Å². The van der Waals surface area contributed by atoms with E-state index in [0.717, 1.165) is 0 Å². The van der Waals surface area contributed by atoms with Crippen molar-refractivity contribution < 1.29 is 26.3 Å². The molecule has 2 N–H and O–H groups in total. The highest BCUT2D eigenvalue weighted by molar-refractivity contribution is 7.11. The molecule has 1 rings (SSSR count). The number of hydrogen-bond donors (Lipinski definition) is 1. The maximum Gasteiger partial charge on any atom is 0.406 e. The van der Waals surface area contributed by atoms with Gasteiger partial charge in [-0.3, -0.25) is 0 Å². The van der Waals surface area contributed by atoms with Crippen molar-refractivity contribution in [2.45, 2.75) is 37.7 Å². The zero-order valence-electron chi connectivity index (χ0n) is 9.01. The zero-order valence-corrected chi connectivity index (χ0v) is 9.83. The van der Waals surface area contributed by atoms with Crippen molar-refractivity contribution in [3.8, 4) is 0 Å². The number of hydrogen-bond acceptors (Lipinski definition) is 4. The number of aromatic nitrogens is 2. The highest BCUT2D eigenvalue weighted by Gasteiger charge is 2.59. The van der Waals surface area contributed by atoms with E-state index < -0.39 is 29.3 Å². The predicted octanol–water partition coefficient (Wildman–Crippen LogP) is 3.16. The Morgan fingerprint density at radius 2 is 1.50 bits per heavy atom. The van der Waals surface area contributed by atoms with Crippen LogP contribution < -0.4 is 5.73 Å². The fraction of sp³-hybridized carbons (Fsp3) is 0.750. The molecule has 0 amide bonds. The molecule has 1 aromatic heterocycles. The van der Waals surface area contributed by atoms with E-state index in [-0.39, 0.29) is 16.3 Å². The zero-order chi connectivity index (χ0) is 14.1. The van der Waals surface area contributed by atoms with Crippen LogP contribution >= 0.6 is 11.3 Å². The van der Waals surface area contributed by atoms with Gasteiger partial charge in [0.1, 0.15) is 10.0 Å². The van der Waals surface area contributed by atoms with Gasteiger partial charge in [0.05, 0.1) is 6.04 Å². The monoisotopic (exact) mass is 293 g/mol. The average molecular weight is 293 g/mol. The normalized spacial score (nSPS) is 15.2. The van der Waals surface area contributed by atoms with Crippen molar-refractivity contribution >= 4 is 11.3 Å². The second-order valence-electron chi connectivity index (χ2n) is 3.51. The molecule has 1 heterocycles. The first-order valence-electron chi connectivity index (χ1n) is 4.79. The Kier molecular flexibility index (Phi) is 4.21. The van der Waals surface area contributed by atoms with Gasteiger partial charge < -0.3 is 5.73 Å². The summed E-state index contributed by atoms with van der Waals surface area (Å²) in [5, 5.41) is 5.08. The first-order chi connectivity index (χ1) is 8.07. The standard InChI is InChI=1S/C8H9F6N3S/c1-2-3(15)5-16-17-6(18-5)4(7(9,10)11)8(12,13)14/h3-4H,2,15H2,1H3. The minimum atomic E-state index is -5.45. The van der Waals surface area contributed by atoms with Crippen LogP contribution in [0.3, 0.4) is 0 Å². The topological polar surface area (TPSA) is 51.8 Å². The summed E-state index contributed by atoms with van der Waals surface area (Å²) >= 11 is 0.240. The summed E-state index contributed by atoms with van der Waals surface area (Å²) in [4.78, 5) is 0. The van der Waals surface area contributed by atoms with Gasteiger partial charge in [0.2, 0.25) is 5.92 Å². The van der Waals surface area contributed by atoms with Gasteiger partial charge in [-0.05, 0) is 6.42 Å². The van der Waals surface area contributed by atoms with E-state index in [1.165, 1.54) is 0 Å². The molecule has 0 fully saturated rings. The lowest BCUT2D eigenvalue weighted by Gasteiger charge is -2.20. The van der Waals surface area contributed by atoms with Crippen molar-refractivity contribution in [2.75, 3.05) is 0 Å². The van der Waals surface area contributed by atoms with Crippen LogP contribution in [0.15, 0.2) is 0 Å². The van der Waals surface area contributed by atoms with Gasteiger partial charge in [-0.1, -0.05) is 18.3 Å². The molecule has 0 bridgehead atoms. The summed E-state index contributed by atoms with van der Waals surface area (Å²) in [6, 6.07) is -0.710. The SMILES string of the molecule is CCC(N)c1nnc(C(C(F)(F)F)C(F)(F)F)s1. The molecule has 0 aromatic carbocycles. The van der Waals surface area contributed by atoms with Crippen molar-refractivity contribution in [1.29, 1.82) is 0 Å². The Bertz CT molecular complexity index is 384. The largest absolute Gasteiger partial charge is 0.406 e. The molecule has 18 heavy (non-hydrogen) atoms. The van der Waals surface area contributed by atoms with Crippen LogP contribution in [-0.2, 0) is 0 Å². The molecule has 0 spiro atoms. The molecule has 0 saturated heterocycles. The summed E-state index contributed by atoms with van der Waals surface area (Å²) < 4.78 is 74.3. The number of alkyl halides is 6. The molecule has 3 nitrogen and oxygen atoms in total. The van der Waals surface area contributed by atoms with Gasteiger partial charge in [0, 0.05) is 0 Å². The van der Waals surface area contributed by atoms with E-state index in [0.29, 0.717) is 6.42 Å². The van der Waals surface area contributed by atoms with E-state index >= 15 is 0 Å². The lowest BCUT2D eigenvalue weighted by Crippen LogP contribution is -2.34. The van der Waals surface area contributed by atoms with Crippen molar-refractivity contribution in [3.63, 3.8) is 0 Å². The Balaban J connectivity index is 3.12. The van der Waals surface area contributed by atoms with E-state index in [1.54, 1.807) is 6.92 Å². The maximum atomic E-state index is 12.4. The molecule has 10 heteroatoms. The lowest BCUT2D eigenvalue weighted by atomic mass is 10.1. The minimum absolute atomic E-state index is 0.0361. The average Bonchev–Trinajstić information content (AvgIpc) is 2.60. The molecule has 0 aliphatic carbocycles. The number of nitrogens with two attached hydrogens (primary N) is 1. The Labute approximate surface area is 102 Å². The fourth-order valence-electron chi connectivity index (χ4n) is 1.15. The van der Waals surface area contributed by atoms with E-state index in [1.807, 2.05) is 0 Å². The summed E-state index contributed by atoms with van der Waals surface area (Å²) in [5.41, 5.74) is 5.47. The summed E-state index contributed by atoms with van der Waals surface area (Å²) in [6.07, 6.45) is -10.6. The van der Waals surface area contributed by atoms with Gasteiger partial charge in [-0.25, -0.2) is 0 Å². The molecule has 0 radical (unpaired) electrons. The smallest absolute Gasteiger partial charge is 0.322 e. The third kappa shape index (κ3) is 3.31. The van der Waals surface area contributed by atoms with Crippen LogP contribution in [0.2, 0.25) is 0 Å². The Morgan fingerprint density at radius 1 is 1.06 bits per heavy atom. The van der Waals surface area contributed by atoms with Gasteiger partial charge in [0.15, 0.2) is 0 Å². The van der Waals surface area contributed by atoms with Gasteiger partial charge in [-0.2, -0.15) is 26.3 Å². The third-order valence-corrected chi connectivity index (χ3v) is 3.23. The molecular weight excluding hydrogens is 284 g/mol. The van der Waals surface area contributed by atoms with Crippen LogP contribution in [0.5, 0.6) is 0 Å². The third-order valence-electron chi connectivity index (χ3n) is 2.11. The van der Waals surface area contributed by atoms with E-state index in [4.69, 9.17) is 5.73 Å². The highest BCUT2D eigenvalue weighted by Crippen LogP contribution is 2.47. The minimum Gasteiger partial charge on any atom is -0.322 e. The quantitative estimate of drug-likeness (QED) is 0.871. The van der Waals surface area contributed by atoms with Crippen LogP contribution in [0.1, 0.15) is 35.3 Å². The molecule has 1 atom stereocenters. The second kappa shape index (κ2) is 5.00.